The highest BCUT2D eigenvalue weighted by atomic mass is 16.2. The summed E-state index contributed by atoms with van der Waals surface area (Å²) < 4.78 is 1.25. The first-order chi connectivity index (χ1) is 9.74. The van der Waals surface area contributed by atoms with Crippen LogP contribution in [0.2, 0.25) is 0 Å². The van der Waals surface area contributed by atoms with Crippen LogP contribution in [0.15, 0.2) is 47.3 Å². The number of benzene rings is 1. The van der Waals surface area contributed by atoms with E-state index in [0.717, 1.165) is 6.54 Å². The van der Waals surface area contributed by atoms with Crippen molar-refractivity contribution < 1.29 is 0 Å². The Morgan fingerprint density at radius 2 is 2.05 bits per heavy atom. The Kier molecular flexibility index (Phi) is 3.20. The van der Waals surface area contributed by atoms with Crippen LogP contribution in [-0.2, 0) is 0 Å². The van der Waals surface area contributed by atoms with Crippen LogP contribution in [0, 0.1) is 0 Å². The number of hydrogen-bond donors (Lipinski definition) is 2. The Morgan fingerprint density at radius 1 is 1.25 bits per heavy atom. The third-order valence-corrected chi connectivity index (χ3v) is 3.23. The van der Waals surface area contributed by atoms with Crippen molar-refractivity contribution in [1.82, 2.24) is 19.8 Å². The molecule has 0 saturated carbocycles. The van der Waals surface area contributed by atoms with Crippen molar-refractivity contribution >= 4 is 11.5 Å². The van der Waals surface area contributed by atoms with Crippen molar-refractivity contribution in [1.29, 1.82) is 0 Å². The molecule has 1 unspecified atom stereocenters. The molecule has 20 heavy (non-hydrogen) atoms. The molecule has 0 amide bonds. The molecule has 2 heterocycles. The first kappa shape index (κ1) is 12.4. The second kappa shape index (κ2) is 5.16. The van der Waals surface area contributed by atoms with Crippen molar-refractivity contribution in [3.05, 3.63) is 58.5 Å². The lowest BCUT2D eigenvalue weighted by Crippen LogP contribution is -2.16. The molecule has 0 radical (unpaired) electrons. The molecule has 0 aliphatic rings. The number of anilines is 1. The van der Waals surface area contributed by atoms with E-state index in [4.69, 9.17) is 0 Å². The number of hydrogen-bond acceptors (Lipinski definition) is 4. The smallest absolute Gasteiger partial charge is 0.364 e. The molecule has 3 aromatic rings. The highest BCUT2D eigenvalue weighted by Crippen LogP contribution is 2.15. The standard InChI is InChI=1S/C14H15N5O/c1-10(11-5-3-2-4-6-11)9-15-12-7-8-13-16-17-14(20)19(13)18-12/h2-8,10H,9H2,1H3,(H,15,18)(H,17,20). The van der Waals surface area contributed by atoms with Gasteiger partial charge < -0.3 is 5.32 Å². The Balaban J connectivity index is 1.73. The van der Waals surface area contributed by atoms with Gasteiger partial charge in [0.2, 0.25) is 0 Å². The van der Waals surface area contributed by atoms with Crippen LogP contribution in [0.4, 0.5) is 5.82 Å². The summed E-state index contributed by atoms with van der Waals surface area (Å²) in [6.07, 6.45) is 0. The number of fused-ring (bicyclic) bond motifs is 1. The molecule has 2 aromatic heterocycles. The molecular formula is C14H15N5O. The summed E-state index contributed by atoms with van der Waals surface area (Å²) in [4.78, 5) is 11.4. The molecule has 0 spiro atoms. The molecule has 0 aliphatic carbocycles. The van der Waals surface area contributed by atoms with E-state index >= 15 is 0 Å². The van der Waals surface area contributed by atoms with Crippen LogP contribution in [0.5, 0.6) is 0 Å². The number of rotatable bonds is 4. The minimum absolute atomic E-state index is 0.334. The predicted molar refractivity (Wildman–Crippen MR) is 77.0 cm³/mol. The molecule has 6 nitrogen and oxygen atoms in total. The summed E-state index contributed by atoms with van der Waals surface area (Å²) in [5.41, 5.74) is 1.44. The van der Waals surface area contributed by atoms with Gasteiger partial charge in [-0.25, -0.2) is 9.89 Å². The van der Waals surface area contributed by atoms with E-state index in [1.165, 1.54) is 10.1 Å². The quantitative estimate of drug-likeness (QED) is 0.755. The van der Waals surface area contributed by atoms with Gasteiger partial charge >= 0.3 is 5.69 Å². The molecule has 0 bridgehead atoms. The monoisotopic (exact) mass is 269 g/mol. The minimum atomic E-state index is -0.334. The van der Waals surface area contributed by atoms with E-state index < -0.39 is 0 Å². The third kappa shape index (κ3) is 2.40. The van der Waals surface area contributed by atoms with E-state index in [-0.39, 0.29) is 5.69 Å². The summed E-state index contributed by atoms with van der Waals surface area (Å²) in [7, 11) is 0. The van der Waals surface area contributed by atoms with E-state index in [1.807, 2.05) is 24.3 Å². The lowest BCUT2D eigenvalue weighted by atomic mass is 10.0. The number of aromatic nitrogens is 4. The maximum Gasteiger partial charge on any atom is 0.364 e. The fourth-order valence-electron chi connectivity index (χ4n) is 2.05. The highest BCUT2D eigenvalue weighted by Gasteiger charge is 2.06. The van der Waals surface area contributed by atoms with Crippen molar-refractivity contribution in [2.24, 2.45) is 0 Å². The highest BCUT2D eigenvalue weighted by molar-refractivity contribution is 5.43. The van der Waals surface area contributed by atoms with Gasteiger partial charge in [0.15, 0.2) is 5.65 Å². The lowest BCUT2D eigenvalue weighted by molar-refractivity contribution is 0.791. The fraction of sp³-hybridized carbons (Fsp3) is 0.214. The van der Waals surface area contributed by atoms with Crippen LogP contribution in [0.1, 0.15) is 18.4 Å². The lowest BCUT2D eigenvalue weighted by Gasteiger charge is -2.13. The van der Waals surface area contributed by atoms with Gasteiger partial charge in [-0.2, -0.15) is 9.61 Å². The van der Waals surface area contributed by atoms with Crippen LogP contribution in [0.25, 0.3) is 5.65 Å². The largest absolute Gasteiger partial charge is 0.368 e. The zero-order valence-electron chi connectivity index (χ0n) is 11.1. The summed E-state index contributed by atoms with van der Waals surface area (Å²) in [5.74, 6) is 1.01. The van der Waals surface area contributed by atoms with Crippen molar-refractivity contribution in [2.75, 3.05) is 11.9 Å². The zero-order chi connectivity index (χ0) is 13.9. The maximum absolute atomic E-state index is 11.4. The zero-order valence-corrected chi connectivity index (χ0v) is 11.1. The molecular weight excluding hydrogens is 254 g/mol. The molecule has 102 valence electrons. The molecule has 0 aliphatic heterocycles. The molecule has 2 N–H and O–H groups in total. The van der Waals surface area contributed by atoms with Crippen LogP contribution in [0.3, 0.4) is 0 Å². The Labute approximate surface area is 115 Å². The first-order valence-electron chi connectivity index (χ1n) is 6.47. The Bertz CT molecular complexity index is 762. The molecule has 0 saturated heterocycles. The normalized spacial score (nSPS) is 12.4. The van der Waals surface area contributed by atoms with Crippen molar-refractivity contribution in [2.45, 2.75) is 12.8 Å². The number of nitrogens with one attached hydrogen (secondary N) is 2. The van der Waals surface area contributed by atoms with Gasteiger partial charge in [-0.05, 0) is 23.6 Å². The summed E-state index contributed by atoms with van der Waals surface area (Å²) >= 11 is 0. The van der Waals surface area contributed by atoms with Crippen molar-refractivity contribution in [3.63, 3.8) is 0 Å². The fourth-order valence-corrected chi connectivity index (χ4v) is 2.05. The second-order valence-electron chi connectivity index (χ2n) is 4.71. The Morgan fingerprint density at radius 3 is 2.85 bits per heavy atom. The summed E-state index contributed by atoms with van der Waals surface area (Å²) in [6.45, 7) is 2.89. The topological polar surface area (TPSA) is 75.1 Å². The first-order valence-corrected chi connectivity index (χ1v) is 6.47. The number of nitrogens with zero attached hydrogens (tertiary/aromatic N) is 3. The molecule has 6 heteroatoms. The molecule has 1 atom stereocenters. The third-order valence-electron chi connectivity index (χ3n) is 3.23. The maximum atomic E-state index is 11.4. The Hall–Kier alpha value is -2.63. The summed E-state index contributed by atoms with van der Waals surface area (Å²) in [5, 5.41) is 13.6. The van der Waals surface area contributed by atoms with E-state index in [9.17, 15) is 4.79 Å². The average Bonchev–Trinajstić information content (AvgIpc) is 2.87. The summed E-state index contributed by atoms with van der Waals surface area (Å²) in [6, 6.07) is 13.8. The number of H-pyrrole nitrogens is 1. The van der Waals surface area contributed by atoms with E-state index in [1.54, 1.807) is 6.07 Å². The SMILES string of the molecule is CC(CNc1ccc2n[nH]c(=O)n2n1)c1ccccc1. The van der Waals surface area contributed by atoms with Gasteiger partial charge in [0, 0.05) is 6.54 Å². The van der Waals surface area contributed by atoms with Gasteiger partial charge in [0.05, 0.1) is 0 Å². The van der Waals surface area contributed by atoms with Crippen LogP contribution in [-0.4, -0.2) is 26.4 Å². The van der Waals surface area contributed by atoms with E-state index in [2.05, 4.69) is 39.7 Å². The molecule has 3 rings (SSSR count). The van der Waals surface area contributed by atoms with Gasteiger partial charge in [0.1, 0.15) is 5.82 Å². The van der Waals surface area contributed by atoms with Gasteiger partial charge in [-0.3, -0.25) is 0 Å². The van der Waals surface area contributed by atoms with Gasteiger partial charge in [-0.1, -0.05) is 37.3 Å². The molecule has 1 aromatic carbocycles. The van der Waals surface area contributed by atoms with Crippen LogP contribution < -0.4 is 11.0 Å². The van der Waals surface area contributed by atoms with E-state index in [0.29, 0.717) is 17.4 Å². The predicted octanol–water partition coefficient (Wildman–Crippen LogP) is 1.63. The number of aromatic amines is 1. The van der Waals surface area contributed by atoms with Gasteiger partial charge in [-0.15, -0.1) is 5.10 Å². The van der Waals surface area contributed by atoms with Crippen molar-refractivity contribution in [3.8, 4) is 0 Å². The molecule has 0 fully saturated rings. The van der Waals surface area contributed by atoms with Gasteiger partial charge in [0.25, 0.3) is 0 Å². The second-order valence-corrected chi connectivity index (χ2v) is 4.71. The minimum Gasteiger partial charge on any atom is -0.368 e. The van der Waals surface area contributed by atoms with Crippen LogP contribution >= 0.6 is 0 Å². The average molecular weight is 269 g/mol.